The molecule has 6 heteroatoms. The van der Waals surface area contributed by atoms with Gasteiger partial charge < -0.3 is 17.7 Å². The van der Waals surface area contributed by atoms with Crippen molar-refractivity contribution in [3.63, 3.8) is 0 Å². The molecule has 0 heterocycles. The first-order chi connectivity index (χ1) is 17.4. The van der Waals surface area contributed by atoms with Gasteiger partial charge in [-0.15, -0.1) is 13.2 Å². The fourth-order valence-corrected chi connectivity index (χ4v) is 9.72. The Bertz CT molecular complexity index is 896. The average Bonchev–Trinajstić information content (AvgIpc) is 2.90. The molecule has 0 aliphatic rings. The maximum absolute atomic E-state index is 6.14. The van der Waals surface area contributed by atoms with Crippen molar-refractivity contribution in [3.05, 3.63) is 98.1 Å². The number of hydrogen-bond donors (Lipinski definition) is 0. The molecule has 0 aliphatic carbocycles. The zero-order valence-corrected chi connectivity index (χ0v) is 24.6. The molecule has 0 saturated heterocycles. The minimum absolute atomic E-state index is 0.579. The quantitative estimate of drug-likeness (QED) is 0.186. The van der Waals surface area contributed by atoms with Crippen LogP contribution < -0.4 is 10.4 Å². The van der Waals surface area contributed by atoms with E-state index in [1.807, 2.05) is 76.3 Å². The van der Waals surface area contributed by atoms with Crippen molar-refractivity contribution in [3.8, 4) is 0 Å². The fraction of sp³-hybridized carbons (Fsp3) is 0.333. The molecule has 36 heavy (non-hydrogen) atoms. The molecule has 2 aromatic rings. The van der Waals surface area contributed by atoms with Crippen LogP contribution in [0, 0.1) is 0 Å². The van der Waals surface area contributed by atoms with Crippen LogP contribution in [0.3, 0.4) is 0 Å². The SMILES string of the molecule is C=CC[Si](CC=C)(OCC)c1ccc(C=C)cc1.C=Cc1ccc([Si](OCC)(OCC)OCC)cc1. The predicted octanol–water partition coefficient (Wildman–Crippen LogP) is 6.48. The van der Waals surface area contributed by atoms with E-state index >= 15 is 0 Å². The van der Waals surface area contributed by atoms with E-state index in [1.165, 1.54) is 5.19 Å². The monoisotopic (exact) mass is 524 g/mol. The van der Waals surface area contributed by atoms with E-state index in [0.717, 1.165) is 35.0 Å². The van der Waals surface area contributed by atoms with Gasteiger partial charge in [-0.25, -0.2) is 0 Å². The molecule has 2 aromatic carbocycles. The van der Waals surface area contributed by atoms with Crippen molar-refractivity contribution in [2.45, 2.75) is 39.8 Å². The summed E-state index contributed by atoms with van der Waals surface area (Å²) in [5.74, 6) is 0. The number of rotatable bonds is 16. The lowest BCUT2D eigenvalue weighted by Gasteiger charge is -2.29. The van der Waals surface area contributed by atoms with Crippen LogP contribution in [0.1, 0.15) is 38.8 Å². The van der Waals surface area contributed by atoms with E-state index in [-0.39, 0.29) is 0 Å². The molecule has 0 bridgehead atoms. The second kappa shape index (κ2) is 17.2. The van der Waals surface area contributed by atoms with Gasteiger partial charge in [0.15, 0.2) is 0 Å². The molecule has 0 atom stereocenters. The first-order valence-electron chi connectivity index (χ1n) is 12.7. The molecule has 0 aromatic heterocycles. The minimum Gasteiger partial charge on any atom is -0.412 e. The summed E-state index contributed by atoms with van der Waals surface area (Å²) in [6, 6.07) is 18.3. The molecule has 0 unspecified atom stereocenters. The van der Waals surface area contributed by atoms with Gasteiger partial charge >= 0.3 is 8.80 Å². The Morgan fingerprint density at radius 1 is 0.556 bits per heavy atom. The van der Waals surface area contributed by atoms with E-state index in [0.29, 0.717) is 19.8 Å². The Balaban J connectivity index is 0.000000360. The zero-order valence-electron chi connectivity index (χ0n) is 22.6. The lowest BCUT2D eigenvalue weighted by Crippen LogP contribution is -2.56. The molecule has 0 saturated carbocycles. The molecule has 196 valence electrons. The lowest BCUT2D eigenvalue weighted by molar-refractivity contribution is 0.0859. The van der Waals surface area contributed by atoms with Gasteiger partial charge in [0.25, 0.3) is 0 Å². The first kappa shape index (κ1) is 31.7. The fourth-order valence-electron chi connectivity index (χ4n) is 3.95. The molecule has 0 N–H and O–H groups in total. The minimum atomic E-state index is -2.74. The van der Waals surface area contributed by atoms with Gasteiger partial charge in [-0.2, -0.15) is 0 Å². The molecule has 0 aliphatic heterocycles. The van der Waals surface area contributed by atoms with E-state index in [9.17, 15) is 0 Å². The molecule has 0 amide bonds. The van der Waals surface area contributed by atoms with Gasteiger partial charge in [-0.05, 0) is 56.1 Å². The van der Waals surface area contributed by atoms with Gasteiger partial charge in [-0.3, -0.25) is 0 Å². The van der Waals surface area contributed by atoms with Crippen LogP contribution >= 0.6 is 0 Å². The lowest BCUT2D eigenvalue weighted by atomic mass is 10.2. The summed E-state index contributed by atoms with van der Waals surface area (Å²) in [6.07, 6.45) is 7.60. The molecule has 0 fully saturated rings. The summed E-state index contributed by atoms with van der Waals surface area (Å²) in [5, 5.41) is 2.30. The van der Waals surface area contributed by atoms with E-state index in [1.54, 1.807) is 0 Å². The average molecular weight is 525 g/mol. The Hall–Kier alpha value is -2.33. The molecular formula is C30H44O4Si2. The van der Waals surface area contributed by atoms with Crippen LogP contribution in [-0.4, -0.2) is 43.5 Å². The molecule has 2 rings (SSSR count). The van der Waals surface area contributed by atoms with E-state index < -0.39 is 17.1 Å². The summed E-state index contributed by atoms with van der Waals surface area (Å²) >= 11 is 0. The summed E-state index contributed by atoms with van der Waals surface area (Å²) < 4.78 is 23.7. The summed E-state index contributed by atoms with van der Waals surface area (Å²) in [6.45, 7) is 25.7. The van der Waals surface area contributed by atoms with E-state index in [2.05, 4.69) is 50.6 Å². The highest BCUT2D eigenvalue weighted by Crippen LogP contribution is 2.19. The Labute approximate surface area is 221 Å². The second-order valence-electron chi connectivity index (χ2n) is 7.92. The Morgan fingerprint density at radius 3 is 1.22 bits per heavy atom. The van der Waals surface area contributed by atoms with Gasteiger partial charge in [0.2, 0.25) is 8.32 Å². The van der Waals surface area contributed by atoms with Crippen molar-refractivity contribution in [2.24, 2.45) is 0 Å². The maximum atomic E-state index is 6.14. The van der Waals surface area contributed by atoms with Gasteiger partial charge in [0.1, 0.15) is 0 Å². The standard InChI is InChI=1S/C16H22OSi.C14H22O3Si/c1-5-13-18(14-6-2,17-8-4)16-11-9-15(7-3)10-12-16;1-5-13-9-11-14(12-10-13)18(15-6-2,16-7-3)17-8-4/h5-7,9-12H,1-3,8,13-14H2,4H3;5,9-12H,1,6-8H2,2-4H3. The molecule has 0 spiro atoms. The van der Waals surface area contributed by atoms with Crippen molar-refractivity contribution in [1.29, 1.82) is 0 Å². The first-order valence-corrected chi connectivity index (χ1v) is 16.7. The Kier molecular flexibility index (Phi) is 15.1. The van der Waals surface area contributed by atoms with Crippen LogP contribution in [0.5, 0.6) is 0 Å². The van der Waals surface area contributed by atoms with Crippen molar-refractivity contribution in [2.75, 3.05) is 26.4 Å². The topological polar surface area (TPSA) is 36.9 Å². The van der Waals surface area contributed by atoms with Gasteiger partial charge in [0, 0.05) is 31.6 Å². The normalized spacial score (nSPS) is 11.2. The number of benzene rings is 2. The van der Waals surface area contributed by atoms with Crippen molar-refractivity contribution in [1.82, 2.24) is 0 Å². The smallest absolute Gasteiger partial charge is 0.412 e. The molecule has 4 nitrogen and oxygen atoms in total. The maximum Gasteiger partial charge on any atom is 0.537 e. The Morgan fingerprint density at radius 2 is 0.917 bits per heavy atom. The second-order valence-corrected chi connectivity index (χ2v) is 14.1. The van der Waals surface area contributed by atoms with E-state index in [4.69, 9.17) is 17.7 Å². The summed E-state index contributed by atoms with van der Waals surface area (Å²) in [4.78, 5) is 0. The highest BCUT2D eigenvalue weighted by Gasteiger charge is 2.43. The third kappa shape index (κ3) is 8.96. The molecule has 0 radical (unpaired) electrons. The van der Waals surface area contributed by atoms with Crippen LogP contribution in [0.4, 0.5) is 0 Å². The predicted molar refractivity (Wildman–Crippen MR) is 160 cm³/mol. The van der Waals surface area contributed by atoms with Gasteiger partial charge in [0.05, 0.1) is 0 Å². The largest absolute Gasteiger partial charge is 0.537 e. The summed E-state index contributed by atoms with van der Waals surface area (Å²) in [7, 11) is -4.72. The van der Waals surface area contributed by atoms with Crippen LogP contribution in [-0.2, 0) is 17.7 Å². The third-order valence-corrected chi connectivity index (χ3v) is 12.7. The van der Waals surface area contributed by atoms with Crippen molar-refractivity contribution >= 4 is 39.6 Å². The van der Waals surface area contributed by atoms with Crippen LogP contribution in [0.2, 0.25) is 12.1 Å². The third-order valence-electron chi connectivity index (χ3n) is 5.54. The number of hydrogen-bond acceptors (Lipinski definition) is 4. The highest BCUT2D eigenvalue weighted by molar-refractivity contribution is 6.87. The van der Waals surface area contributed by atoms with Crippen LogP contribution in [0.15, 0.2) is 87.0 Å². The van der Waals surface area contributed by atoms with Crippen molar-refractivity contribution < 1.29 is 17.7 Å². The highest BCUT2D eigenvalue weighted by atomic mass is 28.4. The number of allylic oxidation sites excluding steroid dienone is 2. The zero-order chi connectivity index (χ0) is 26.9. The molecular weight excluding hydrogens is 480 g/mol. The van der Waals surface area contributed by atoms with Gasteiger partial charge in [-0.1, -0.05) is 86.0 Å². The van der Waals surface area contributed by atoms with Crippen LogP contribution in [0.25, 0.3) is 12.2 Å². The summed E-state index contributed by atoms with van der Waals surface area (Å²) in [5.41, 5.74) is 2.21.